The molecule has 144 valence electrons. The first kappa shape index (κ1) is 19.1. The summed E-state index contributed by atoms with van der Waals surface area (Å²) in [6, 6.07) is 7.58. The van der Waals surface area contributed by atoms with Crippen molar-refractivity contribution in [3.8, 4) is 0 Å². The smallest absolute Gasteiger partial charge is 0.260 e. The van der Waals surface area contributed by atoms with Crippen LogP contribution in [0, 0.1) is 6.92 Å². The first-order valence-corrected chi connectivity index (χ1v) is 9.87. The van der Waals surface area contributed by atoms with Gasteiger partial charge in [0.1, 0.15) is 6.54 Å². The van der Waals surface area contributed by atoms with Gasteiger partial charge >= 0.3 is 0 Å². The topological polar surface area (TPSA) is 105 Å². The molecule has 3 rings (SSSR count). The number of hydrogen-bond donors (Lipinski definition) is 1. The lowest BCUT2D eigenvalue weighted by atomic mass is 10.2. The Kier molecular flexibility index (Phi) is 5.29. The normalized spacial score (nSPS) is 15.3. The van der Waals surface area contributed by atoms with E-state index in [0.717, 1.165) is 11.3 Å². The molecule has 10 heteroatoms. The summed E-state index contributed by atoms with van der Waals surface area (Å²) in [5, 5.41) is -0.155. The molecule has 0 bridgehead atoms. The maximum atomic E-state index is 12.4. The van der Waals surface area contributed by atoms with Crippen LogP contribution in [0.25, 0.3) is 0 Å². The molecule has 0 radical (unpaired) electrons. The number of hydrogen-bond acceptors (Lipinski definition) is 5. The van der Waals surface area contributed by atoms with Gasteiger partial charge < -0.3 is 14.4 Å². The number of carbonyl (C=O) groups excluding carboxylic acids is 2. The zero-order chi connectivity index (χ0) is 19.6. The van der Waals surface area contributed by atoms with Crippen molar-refractivity contribution in [2.75, 3.05) is 31.1 Å². The van der Waals surface area contributed by atoms with Crippen LogP contribution in [-0.2, 0) is 26.7 Å². The summed E-state index contributed by atoms with van der Waals surface area (Å²) in [5.74, 6) is -0.655. The first-order valence-electron chi connectivity index (χ1n) is 8.39. The van der Waals surface area contributed by atoms with E-state index in [1.165, 1.54) is 22.0 Å². The predicted octanol–water partition coefficient (Wildman–Crippen LogP) is -0.118. The molecular weight excluding hydrogens is 370 g/mol. The van der Waals surface area contributed by atoms with Gasteiger partial charge in [-0.3, -0.25) is 9.59 Å². The van der Waals surface area contributed by atoms with Gasteiger partial charge in [-0.1, -0.05) is 17.7 Å². The highest BCUT2D eigenvalue weighted by Crippen LogP contribution is 2.18. The molecule has 27 heavy (non-hydrogen) atoms. The monoisotopic (exact) mass is 391 g/mol. The minimum atomic E-state index is -3.87. The number of amides is 2. The fourth-order valence-electron chi connectivity index (χ4n) is 2.75. The molecule has 1 aromatic heterocycles. The molecule has 0 spiro atoms. The second-order valence-corrected chi connectivity index (χ2v) is 8.11. The number of piperazine rings is 1. The van der Waals surface area contributed by atoms with Gasteiger partial charge in [-0.15, -0.1) is 0 Å². The van der Waals surface area contributed by atoms with Gasteiger partial charge in [-0.05, 0) is 19.1 Å². The predicted molar refractivity (Wildman–Crippen MR) is 98.5 cm³/mol. The fourth-order valence-corrected chi connectivity index (χ4v) is 3.71. The summed E-state index contributed by atoms with van der Waals surface area (Å²) in [6.45, 7) is 2.16. The summed E-state index contributed by atoms with van der Waals surface area (Å²) in [6.07, 6.45) is 2.70. The SMILES string of the molecule is Cc1ccc(N2CCN(C(=O)CNS(=O)(=O)c3cn(C)cn3)CC2=O)cc1. The Morgan fingerprint density at radius 2 is 1.93 bits per heavy atom. The van der Waals surface area contributed by atoms with Crippen molar-refractivity contribution in [2.45, 2.75) is 11.9 Å². The maximum absolute atomic E-state index is 12.4. The van der Waals surface area contributed by atoms with Gasteiger partial charge in [0.2, 0.25) is 11.8 Å². The largest absolute Gasteiger partial charge is 0.339 e. The third kappa shape index (κ3) is 4.34. The van der Waals surface area contributed by atoms with E-state index in [-0.39, 0.29) is 17.5 Å². The van der Waals surface area contributed by atoms with Crippen LogP contribution in [-0.4, -0.2) is 60.9 Å². The molecule has 1 aliphatic heterocycles. The van der Waals surface area contributed by atoms with E-state index in [4.69, 9.17) is 0 Å². The average Bonchev–Trinajstić information content (AvgIpc) is 3.08. The van der Waals surface area contributed by atoms with Crippen LogP contribution in [0.4, 0.5) is 5.69 Å². The maximum Gasteiger partial charge on any atom is 0.260 e. The highest BCUT2D eigenvalue weighted by atomic mass is 32.2. The number of sulfonamides is 1. The minimum absolute atomic E-state index is 0.0853. The Morgan fingerprint density at radius 1 is 1.22 bits per heavy atom. The van der Waals surface area contributed by atoms with E-state index in [9.17, 15) is 18.0 Å². The molecule has 1 N–H and O–H groups in total. The van der Waals surface area contributed by atoms with E-state index >= 15 is 0 Å². The number of carbonyl (C=O) groups is 2. The molecule has 0 saturated carbocycles. The molecule has 1 fully saturated rings. The van der Waals surface area contributed by atoms with Crippen LogP contribution in [0.1, 0.15) is 5.56 Å². The zero-order valence-corrected chi connectivity index (χ0v) is 15.9. The molecule has 0 aliphatic carbocycles. The molecule has 0 unspecified atom stereocenters. The highest BCUT2D eigenvalue weighted by Gasteiger charge is 2.29. The lowest BCUT2D eigenvalue weighted by Crippen LogP contribution is -2.54. The van der Waals surface area contributed by atoms with Crippen molar-refractivity contribution < 1.29 is 18.0 Å². The minimum Gasteiger partial charge on any atom is -0.339 e. The highest BCUT2D eigenvalue weighted by molar-refractivity contribution is 7.89. The average molecular weight is 391 g/mol. The van der Waals surface area contributed by atoms with Gasteiger partial charge in [0.05, 0.1) is 12.9 Å². The number of aryl methyl sites for hydroxylation is 2. The van der Waals surface area contributed by atoms with Crippen LogP contribution in [0.15, 0.2) is 41.8 Å². The molecule has 9 nitrogen and oxygen atoms in total. The Hall–Kier alpha value is -2.72. The van der Waals surface area contributed by atoms with E-state index in [0.29, 0.717) is 13.1 Å². The van der Waals surface area contributed by atoms with Crippen LogP contribution in [0.5, 0.6) is 0 Å². The van der Waals surface area contributed by atoms with Crippen LogP contribution in [0.2, 0.25) is 0 Å². The Balaban J connectivity index is 1.58. The quantitative estimate of drug-likeness (QED) is 0.765. The van der Waals surface area contributed by atoms with Crippen molar-refractivity contribution in [2.24, 2.45) is 7.05 Å². The number of nitrogens with one attached hydrogen (secondary N) is 1. The number of nitrogens with zero attached hydrogens (tertiary/aromatic N) is 4. The molecule has 2 aromatic rings. The summed E-state index contributed by atoms with van der Waals surface area (Å²) in [5.41, 5.74) is 1.88. The lowest BCUT2D eigenvalue weighted by molar-refractivity contribution is -0.135. The van der Waals surface area contributed by atoms with Crippen LogP contribution >= 0.6 is 0 Å². The number of aromatic nitrogens is 2. The molecular formula is C17H21N5O4S. The van der Waals surface area contributed by atoms with Crippen LogP contribution < -0.4 is 9.62 Å². The molecule has 1 saturated heterocycles. The number of benzene rings is 1. The lowest BCUT2D eigenvalue weighted by Gasteiger charge is -2.34. The van der Waals surface area contributed by atoms with Gasteiger partial charge in [-0.25, -0.2) is 18.1 Å². The fraction of sp³-hybridized carbons (Fsp3) is 0.353. The summed E-state index contributed by atoms with van der Waals surface area (Å²) in [7, 11) is -2.22. The zero-order valence-electron chi connectivity index (χ0n) is 15.1. The Bertz CT molecular complexity index is 952. The molecule has 0 atom stereocenters. The van der Waals surface area contributed by atoms with Crippen molar-refractivity contribution in [3.05, 3.63) is 42.4 Å². The van der Waals surface area contributed by atoms with Crippen LogP contribution in [0.3, 0.4) is 0 Å². The summed E-state index contributed by atoms with van der Waals surface area (Å²) in [4.78, 5) is 31.5. The standard InChI is InChI=1S/C17H21N5O4S/c1-13-3-5-14(6-4-13)22-8-7-21(11-17(22)24)16(23)9-19-27(25,26)15-10-20(2)12-18-15/h3-6,10,12,19H,7-9,11H2,1-2H3. The number of imidazole rings is 1. The second kappa shape index (κ2) is 7.49. The summed E-state index contributed by atoms with van der Waals surface area (Å²) >= 11 is 0. The van der Waals surface area contributed by atoms with Gasteiger partial charge in [0.15, 0.2) is 5.03 Å². The van der Waals surface area contributed by atoms with Gasteiger partial charge in [-0.2, -0.15) is 0 Å². The summed E-state index contributed by atoms with van der Waals surface area (Å²) < 4.78 is 28.0. The van der Waals surface area contributed by atoms with E-state index < -0.39 is 22.5 Å². The van der Waals surface area contributed by atoms with E-state index in [2.05, 4.69) is 9.71 Å². The van der Waals surface area contributed by atoms with Crippen molar-refractivity contribution in [3.63, 3.8) is 0 Å². The molecule has 2 amide bonds. The molecule has 2 heterocycles. The van der Waals surface area contributed by atoms with E-state index in [1.54, 1.807) is 11.9 Å². The number of anilines is 1. The molecule has 1 aromatic carbocycles. The Morgan fingerprint density at radius 3 is 2.52 bits per heavy atom. The third-order valence-electron chi connectivity index (χ3n) is 4.29. The van der Waals surface area contributed by atoms with E-state index in [1.807, 2.05) is 31.2 Å². The van der Waals surface area contributed by atoms with Crippen molar-refractivity contribution in [1.29, 1.82) is 0 Å². The number of rotatable bonds is 5. The first-order chi connectivity index (χ1) is 12.8. The molecule has 1 aliphatic rings. The van der Waals surface area contributed by atoms with Gasteiger partial charge in [0, 0.05) is 32.0 Å². The third-order valence-corrected chi connectivity index (χ3v) is 5.57. The van der Waals surface area contributed by atoms with Crippen molar-refractivity contribution >= 4 is 27.5 Å². The van der Waals surface area contributed by atoms with Gasteiger partial charge in [0.25, 0.3) is 10.0 Å². The second-order valence-electron chi connectivity index (χ2n) is 6.40. The van der Waals surface area contributed by atoms with Crippen molar-refractivity contribution in [1.82, 2.24) is 19.2 Å². The Labute approximate surface area is 157 Å².